The zero-order chi connectivity index (χ0) is 15.7. The number of furan rings is 1. The van der Waals surface area contributed by atoms with Crippen LogP contribution in [-0.2, 0) is 9.53 Å². The minimum absolute atomic E-state index is 0.110. The molecule has 0 unspecified atom stereocenters. The highest BCUT2D eigenvalue weighted by molar-refractivity contribution is 9.10. The summed E-state index contributed by atoms with van der Waals surface area (Å²) < 4.78 is 11.3. The molecule has 0 bridgehead atoms. The quantitative estimate of drug-likeness (QED) is 0.766. The van der Waals surface area contributed by atoms with Gasteiger partial charge in [0, 0.05) is 22.9 Å². The third kappa shape index (κ3) is 2.88. The summed E-state index contributed by atoms with van der Waals surface area (Å²) in [5.41, 5.74) is 0.683. The summed E-state index contributed by atoms with van der Waals surface area (Å²) in [5, 5.41) is 0.899. The van der Waals surface area contributed by atoms with Gasteiger partial charge in [-0.05, 0) is 37.1 Å². The molecule has 0 atom stereocenters. The lowest BCUT2D eigenvalue weighted by Crippen LogP contribution is -2.40. The van der Waals surface area contributed by atoms with Crippen molar-refractivity contribution in [2.75, 3.05) is 20.2 Å². The van der Waals surface area contributed by atoms with Crippen LogP contribution in [0.5, 0.6) is 0 Å². The number of fused-ring (bicyclic) bond motifs is 1. The number of ether oxygens (including phenoxy) is 1. The zero-order valence-corrected chi connectivity index (χ0v) is 13.8. The van der Waals surface area contributed by atoms with E-state index in [1.165, 1.54) is 7.11 Å². The Labute approximate surface area is 136 Å². The molecule has 6 heteroatoms. The first-order valence-electron chi connectivity index (χ1n) is 7.14. The van der Waals surface area contributed by atoms with Crippen LogP contribution in [0.4, 0.5) is 0 Å². The molecular formula is C16H16BrNO4. The van der Waals surface area contributed by atoms with Crippen molar-refractivity contribution >= 4 is 38.8 Å². The summed E-state index contributed by atoms with van der Waals surface area (Å²) in [6, 6.07) is 7.42. The summed E-state index contributed by atoms with van der Waals surface area (Å²) >= 11 is 3.38. The number of methoxy groups -OCH3 is 1. The van der Waals surface area contributed by atoms with E-state index in [2.05, 4.69) is 15.9 Å². The van der Waals surface area contributed by atoms with Crippen molar-refractivity contribution in [1.82, 2.24) is 4.90 Å². The number of hydrogen-bond acceptors (Lipinski definition) is 4. The molecule has 1 fully saturated rings. The van der Waals surface area contributed by atoms with Gasteiger partial charge in [-0.25, -0.2) is 0 Å². The second-order valence-corrected chi connectivity index (χ2v) is 6.30. The molecule has 0 N–H and O–H groups in total. The van der Waals surface area contributed by atoms with Gasteiger partial charge in [0.2, 0.25) is 0 Å². The van der Waals surface area contributed by atoms with Crippen molar-refractivity contribution < 1.29 is 18.7 Å². The molecule has 0 saturated carbocycles. The first kappa shape index (κ1) is 15.1. The average Bonchev–Trinajstić information content (AvgIpc) is 2.96. The molecular weight excluding hydrogens is 350 g/mol. The topological polar surface area (TPSA) is 59.8 Å². The van der Waals surface area contributed by atoms with Crippen LogP contribution in [0.25, 0.3) is 11.0 Å². The summed E-state index contributed by atoms with van der Waals surface area (Å²) in [4.78, 5) is 25.7. The van der Waals surface area contributed by atoms with Crippen molar-refractivity contribution in [2.45, 2.75) is 12.8 Å². The molecule has 1 saturated heterocycles. The van der Waals surface area contributed by atoms with Gasteiger partial charge in [-0.3, -0.25) is 9.59 Å². The van der Waals surface area contributed by atoms with Gasteiger partial charge < -0.3 is 14.1 Å². The third-order valence-corrected chi connectivity index (χ3v) is 4.50. The Hall–Kier alpha value is -1.82. The van der Waals surface area contributed by atoms with Crippen molar-refractivity contribution in [3.8, 4) is 0 Å². The number of likely N-dealkylation sites (tertiary alicyclic amines) is 1. The fraction of sp³-hybridized carbons (Fsp3) is 0.375. The second-order valence-electron chi connectivity index (χ2n) is 5.38. The normalized spacial score (nSPS) is 16.0. The molecule has 5 nitrogen and oxygen atoms in total. The number of esters is 1. The van der Waals surface area contributed by atoms with E-state index in [1.807, 2.05) is 18.2 Å². The fourth-order valence-electron chi connectivity index (χ4n) is 2.75. The maximum atomic E-state index is 12.5. The van der Waals surface area contributed by atoms with Gasteiger partial charge in [-0.1, -0.05) is 15.9 Å². The van der Waals surface area contributed by atoms with Gasteiger partial charge in [0.05, 0.1) is 13.0 Å². The van der Waals surface area contributed by atoms with Crippen molar-refractivity contribution in [2.24, 2.45) is 5.92 Å². The van der Waals surface area contributed by atoms with Gasteiger partial charge in [-0.15, -0.1) is 0 Å². The van der Waals surface area contributed by atoms with Crippen LogP contribution in [0, 0.1) is 5.92 Å². The monoisotopic (exact) mass is 365 g/mol. The van der Waals surface area contributed by atoms with Crippen LogP contribution in [0.1, 0.15) is 23.4 Å². The highest BCUT2D eigenvalue weighted by atomic mass is 79.9. The Morgan fingerprint density at radius 2 is 2.00 bits per heavy atom. The second kappa shape index (κ2) is 6.12. The number of nitrogens with zero attached hydrogens (tertiary/aromatic N) is 1. The highest BCUT2D eigenvalue weighted by Crippen LogP contribution is 2.26. The summed E-state index contributed by atoms with van der Waals surface area (Å²) in [6.07, 6.45) is 1.26. The molecule has 116 valence electrons. The SMILES string of the molecule is COC(=O)C1CCN(C(=O)c2cc3ccc(Br)cc3o2)CC1. The number of carbonyl (C=O) groups excluding carboxylic acids is 2. The minimum atomic E-state index is -0.194. The van der Waals surface area contributed by atoms with E-state index in [9.17, 15) is 9.59 Å². The van der Waals surface area contributed by atoms with Gasteiger partial charge in [0.15, 0.2) is 5.76 Å². The molecule has 1 aromatic carbocycles. The van der Waals surface area contributed by atoms with Gasteiger partial charge in [0.25, 0.3) is 5.91 Å². The van der Waals surface area contributed by atoms with Crippen molar-refractivity contribution in [3.05, 3.63) is 34.5 Å². The molecule has 0 aliphatic carbocycles. The first-order chi connectivity index (χ1) is 10.6. The molecule has 1 aromatic heterocycles. The van der Waals surface area contributed by atoms with E-state index in [1.54, 1.807) is 11.0 Å². The average molecular weight is 366 g/mol. The molecule has 1 amide bonds. The zero-order valence-electron chi connectivity index (χ0n) is 12.2. The first-order valence-corrected chi connectivity index (χ1v) is 7.94. The molecule has 1 aliphatic rings. The lowest BCUT2D eigenvalue weighted by molar-refractivity contribution is -0.146. The van der Waals surface area contributed by atoms with E-state index >= 15 is 0 Å². The maximum absolute atomic E-state index is 12.5. The summed E-state index contributed by atoms with van der Waals surface area (Å²) in [6.45, 7) is 1.08. The van der Waals surface area contributed by atoms with Crippen LogP contribution in [0.3, 0.4) is 0 Å². The van der Waals surface area contributed by atoms with Crippen molar-refractivity contribution in [3.63, 3.8) is 0 Å². The highest BCUT2D eigenvalue weighted by Gasteiger charge is 2.29. The third-order valence-electron chi connectivity index (χ3n) is 4.01. The molecule has 22 heavy (non-hydrogen) atoms. The predicted octanol–water partition coefficient (Wildman–Crippen LogP) is 3.22. The van der Waals surface area contributed by atoms with E-state index < -0.39 is 0 Å². The standard InChI is InChI=1S/C16H16BrNO4/c1-21-16(20)10-4-6-18(7-5-10)15(19)14-8-11-2-3-12(17)9-13(11)22-14/h2-3,8-10H,4-7H2,1H3. The summed E-state index contributed by atoms with van der Waals surface area (Å²) in [5.74, 6) is -0.0957. The maximum Gasteiger partial charge on any atom is 0.308 e. The van der Waals surface area contributed by atoms with Crippen LogP contribution in [0.15, 0.2) is 33.2 Å². The number of rotatable bonds is 2. The molecule has 0 radical (unpaired) electrons. The number of carbonyl (C=O) groups is 2. The lowest BCUT2D eigenvalue weighted by atomic mass is 9.97. The number of piperidine rings is 1. The molecule has 1 aliphatic heterocycles. The van der Waals surface area contributed by atoms with Gasteiger partial charge in [0.1, 0.15) is 5.58 Å². The molecule has 2 heterocycles. The Bertz CT molecular complexity index is 716. The predicted molar refractivity (Wildman–Crippen MR) is 84.6 cm³/mol. The summed E-state index contributed by atoms with van der Waals surface area (Å²) in [7, 11) is 1.40. The number of halogens is 1. The van der Waals surface area contributed by atoms with E-state index in [-0.39, 0.29) is 17.8 Å². The largest absolute Gasteiger partial charge is 0.469 e. The minimum Gasteiger partial charge on any atom is -0.469 e. The molecule has 2 aromatic rings. The lowest BCUT2D eigenvalue weighted by Gasteiger charge is -2.29. The van der Waals surface area contributed by atoms with Crippen LogP contribution >= 0.6 is 15.9 Å². The molecule has 0 spiro atoms. The van der Waals surface area contributed by atoms with Crippen LogP contribution < -0.4 is 0 Å². The number of benzene rings is 1. The van der Waals surface area contributed by atoms with E-state index in [4.69, 9.17) is 9.15 Å². The van der Waals surface area contributed by atoms with E-state index in [0.717, 1.165) is 9.86 Å². The van der Waals surface area contributed by atoms with Gasteiger partial charge in [-0.2, -0.15) is 0 Å². The van der Waals surface area contributed by atoms with Gasteiger partial charge >= 0.3 is 5.97 Å². The Kier molecular flexibility index (Phi) is 4.20. The Balaban J connectivity index is 1.72. The van der Waals surface area contributed by atoms with Crippen molar-refractivity contribution in [1.29, 1.82) is 0 Å². The van der Waals surface area contributed by atoms with E-state index in [0.29, 0.717) is 37.3 Å². The fourth-order valence-corrected chi connectivity index (χ4v) is 3.09. The smallest absolute Gasteiger partial charge is 0.308 e. The number of hydrogen-bond donors (Lipinski definition) is 0. The number of amides is 1. The van der Waals surface area contributed by atoms with Crippen LogP contribution in [-0.4, -0.2) is 37.0 Å². The van der Waals surface area contributed by atoms with Crippen LogP contribution in [0.2, 0.25) is 0 Å². The Morgan fingerprint density at radius 3 is 2.68 bits per heavy atom. The Morgan fingerprint density at radius 1 is 1.27 bits per heavy atom. The molecule has 3 rings (SSSR count).